The standard InChI is InChI=1S/C31H42N2O6/c1-7-9-13-17-38-29(37)25-24-27(35)33(23(19-34)22-14-11-10-12-15-22)26(28(36)32(16-8-2)20(3)4)31(24)18-21(5)30(25,6)39-31/h7-8,10-12,14-15,20-21,23-26,34H,1-2,9,13,16-19H2,3-6H3/t21?,23-,24+,25+,26?,30-,31?/m1/s1. The predicted octanol–water partition coefficient (Wildman–Crippen LogP) is 3.66. The molecular formula is C31H42N2O6. The Hall–Kier alpha value is -2.97. The van der Waals surface area contributed by atoms with Gasteiger partial charge in [-0.15, -0.1) is 13.2 Å². The number of rotatable bonds is 12. The molecule has 3 heterocycles. The van der Waals surface area contributed by atoms with Crippen LogP contribution in [-0.4, -0.2) is 75.7 Å². The summed E-state index contributed by atoms with van der Waals surface area (Å²) in [5, 5.41) is 10.6. The van der Waals surface area contributed by atoms with E-state index < -0.39 is 41.1 Å². The van der Waals surface area contributed by atoms with Gasteiger partial charge in [0.2, 0.25) is 11.8 Å². The Morgan fingerprint density at radius 1 is 1.26 bits per heavy atom. The van der Waals surface area contributed by atoms with E-state index in [1.807, 2.05) is 58.0 Å². The van der Waals surface area contributed by atoms with Crippen molar-refractivity contribution >= 4 is 17.8 Å². The number of likely N-dealkylation sites (tertiary alicyclic amines) is 1. The molecule has 1 aromatic rings. The average Bonchev–Trinajstić information content (AvgIpc) is 3.42. The van der Waals surface area contributed by atoms with Crippen molar-refractivity contribution in [3.63, 3.8) is 0 Å². The first kappa shape index (κ1) is 29.0. The Labute approximate surface area is 231 Å². The van der Waals surface area contributed by atoms with Crippen molar-refractivity contribution in [3.05, 3.63) is 61.2 Å². The number of carbonyl (C=O) groups is 3. The third kappa shape index (κ3) is 4.61. The number of fused-ring (bicyclic) bond motifs is 1. The molecule has 3 aliphatic heterocycles. The lowest BCUT2D eigenvalue weighted by atomic mass is 9.62. The van der Waals surface area contributed by atoms with E-state index >= 15 is 0 Å². The molecule has 3 saturated heterocycles. The summed E-state index contributed by atoms with van der Waals surface area (Å²) in [4.78, 5) is 45.7. The van der Waals surface area contributed by atoms with Gasteiger partial charge in [0.05, 0.1) is 30.8 Å². The Balaban J connectivity index is 1.83. The number of hydrogen-bond acceptors (Lipinski definition) is 6. The van der Waals surface area contributed by atoms with Gasteiger partial charge in [-0.25, -0.2) is 0 Å². The lowest BCUT2D eigenvalue weighted by Gasteiger charge is -2.40. The van der Waals surface area contributed by atoms with E-state index in [1.54, 1.807) is 17.1 Å². The molecule has 2 amide bonds. The smallest absolute Gasteiger partial charge is 0.312 e. The van der Waals surface area contributed by atoms with Gasteiger partial charge in [-0.3, -0.25) is 14.4 Å². The summed E-state index contributed by atoms with van der Waals surface area (Å²) in [5.74, 6) is -2.96. The van der Waals surface area contributed by atoms with Gasteiger partial charge in [-0.1, -0.05) is 49.4 Å². The molecule has 0 aromatic heterocycles. The maximum atomic E-state index is 14.5. The van der Waals surface area contributed by atoms with Crippen LogP contribution >= 0.6 is 0 Å². The lowest BCUT2D eigenvalue weighted by molar-refractivity contribution is -0.164. The number of hydrogen-bond donors (Lipinski definition) is 1. The van der Waals surface area contributed by atoms with Gasteiger partial charge < -0.3 is 24.4 Å². The number of allylic oxidation sites excluding steroid dienone is 1. The SMILES string of the molecule is C=CCCCOC(=O)[C@@H]1[C@H]2C(=O)N([C@H](CO)c3ccccc3)C(C(=O)N(CC=C)C(C)C)C23CC(C)[C@@]1(C)O3. The molecule has 0 aliphatic carbocycles. The quantitative estimate of drug-likeness (QED) is 0.248. The summed E-state index contributed by atoms with van der Waals surface area (Å²) in [6, 6.07) is 7.23. The van der Waals surface area contributed by atoms with E-state index in [0.717, 1.165) is 0 Å². The molecule has 3 fully saturated rings. The summed E-state index contributed by atoms with van der Waals surface area (Å²) in [6.07, 6.45) is 5.22. The summed E-state index contributed by atoms with van der Waals surface area (Å²) < 4.78 is 12.5. The highest BCUT2D eigenvalue weighted by molar-refractivity contribution is 5.99. The highest BCUT2D eigenvalue weighted by atomic mass is 16.6. The molecule has 212 valence electrons. The number of unbranched alkanes of at least 4 members (excludes halogenated alkanes) is 1. The van der Waals surface area contributed by atoms with E-state index in [4.69, 9.17) is 9.47 Å². The lowest BCUT2D eigenvalue weighted by Crippen LogP contribution is -2.58. The molecule has 2 bridgehead atoms. The number of aliphatic hydroxyl groups excluding tert-OH is 1. The first-order valence-electron chi connectivity index (χ1n) is 14.0. The molecule has 0 radical (unpaired) electrons. The zero-order chi connectivity index (χ0) is 28.5. The summed E-state index contributed by atoms with van der Waals surface area (Å²) in [7, 11) is 0. The van der Waals surface area contributed by atoms with Crippen molar-refractivity contribution in [1.29, 1.82) is 0 Å². The number of aliphatic hydroxyl groups is 1. The minimum absolute atomic E-state index is 0.0984. The van der Waals surface area contributed by atoms with Gasteiger partial charge in [0.25, 0.3) is 0 Å². The fraction of sp³-hybridized carbons (Fsp3) is 0.581. The van der Waals surface area contributed by atoms with Crippen LogP contribution < -0.4 is 0 Å². The van der Waals surface area contributed by atoms with Gasteiger partial charge >= 0.3 is 5.97 Å². The minimum atomic E-state index is -1.22. The zero-order valence-corrected chi connectivity index (χ0v) is 23.5. The highest BCUT2D eigenvalue weighted by Crippen LogP contribution is 2.66. The molecule has 1 spiro atoms. The zero-order valence-electron chi connectivity index (χ0n) is 23.5. The fourth-order valence-corrected chi connectivity index (χ4v) is 7.02. The number of benzene rings is 1. The number of nitrogens with zero attached hydrogens (tertiary/aromatic N) is 2. The normalized spacial score (nSPS) is 31.7. The van der Waals surface area contributed by atoms with Crippen LogP contribution in [0.3, 0.4) is 0 Å². The molecule has 4 rings (SSSR count). The van der Waals surface area contributed by atoms with E-state index in [2.05, 4.69) is 13.2 Å². The second-order valence-corrected chi connectivity index (χ2v) is 11.5. The molecule has 39 heavy (non-hydrogen) atoms. The monoisotopic (exact) mass is 538 g/mol. The maximum absolute atomic E-state index is 14.5. The van der Waals surface area contributed by atoms with E-state index in [1.165, 1.54) is 4.90 Å². The third-order valence-corrected chi connectivity index (χ3v) is 8.96. The first-order valence-corrected chi connectivity index (χ1v) is 14.0. The average molecular weight is 539 g/mol. The van der Waals surface area contributed by atoms with Crippen LogP contribution in [0.2, 0.25) is 0 Å². The number of amides is 2. The van der Waals surface area contributed by atoms with Crippen molar-refractivity contribution in [2.45, 2.75) is 76.3 Å². The molecule has 8 nitrogen and oxygen atoms in total. The molecule has 7 atom stereocenters. The predicted molar refractivity (Wildman–Crippen MR) is 147 cm³/mol. The minimum Gasteiger partial charge on any atom is -0.465 e. The van der Waals surface area contributed by atoms with Gasteiger partial charge in [0.15, 0.2) is 0 Å². The Morgan fingerprint density at radius 3 is 2.54 bits per heavy atom. The van der Waals surface area contributed by atoms with Gasteiger partial charge in [-0.2, -0.15) is 0 Å². The first-order chi connectivity index (χ1) is 18.6. The van der Waals surface area contributed by atoms with Crippen molar-refractivity contribution in [2.75, 3.05) is 19.8 Å². The van der Waals surface area contributed by atoms with Gasteiger partial charge in [-0.05, 0) is 51.5 Å². The molecule has 3 aliphatic rings. The van der Waals surface area contributed by atoms with Crippen molar-refractivity contribution in [3.8, 4) is 0 Å². The fourth-order valence-electron chi connectivity index (χ4n) is 7.02. The summed E-state index contributed by atoms with van der Waals surface area (Å²) >= 11 is 0. The Bertz CT molecular complexity index is 1110. The third-order valence-electron chi connectivity index (χ3n) is 8.96. The van der Waals surface area contributed by atoms with Gasteiger partial charge in [0, 0.05) is 12.6 Å². The van der Waals surface area contributed by atoms with E-state index in [-0.39, 0.29) is 37.0 Å². The van der Waals surface area contributed by atoms with Crippen molar-refractivity contribution < 1.29 is 29.0 Å². The van der Waals surface area contributed by atoms with E-state index in [0.29, 0.717) is 31.4 Å². The molecule has 0 saturated carbocycles. The second kappa shape index (κ2) is 11.3. The molecule has 8 heteroatoms. The number of esters is 1. The van der Waals surface area contributed by atoms with E-state index in [9.17, 15) is 19.5 Å². The molecule has 3 unspecified atom stereocenters. The van der Waals surface area contributed by atoms with Crippen LogP contribution in [0.15, 0.2) is 55.6 Å². The largest absolute Gasteiger partial charge is 0.465 e. The van der Waals surface area contributed by atoms with Crippen LogP contribution in [0, 0.1) is 17.8 Å². The van der Waals surface area contributed by atoms with Crippen molar-refractivity contribution in [2.24, 2.45) is 17.8 Å². The highest BCUT2D eigenvalue weighted by Gasteiger charge is 2.80. The van der Waals surface area contributed by atoms with Crippen LogP contribution in [0.5, 0.6) is 0 Å². The Kier molecular flexibility index (Phi) is 8.38. The number of ether oxygens (including phenoxy) is 2. The maximum Gasteiger partial charge on any atom is 0.312 e. The summed E-state index contributed by atoms with van der Waals surface area (Å²) in [5.41, 5.74) is -1.47. The van der Waals surface area contributed by atoms with Crippen molar-refractivity contribution in [1.82, 2.24) is 9.80 Å². The number of carbonyl (C=O) groups excluding carboxylic acids is 3. The molecule has 1 N–H and O–H groups in total. The summed E-state index contributed by atoms with van der Waals surface area (Å²) in [6.45, 7) is 15.4. The molecular weight excluding hydrogens is 496 g/mol. The molecule has 1 aromatic carbocycles. The Morgan fingerprint density at radius 2 is 1.95 bits per heavy atom. The van der Waals surface area contributed by atoms with Crippen LogP contribution in [0.4, 0.5) is 0 Å². The van der Waals surface area contributed by atoms with Gasteiger partial charge in [0.1, 0.15) is 17.6 Å². The topological polar surface area (TPSA) is 96.4 Å². The second-order valence-electron chi connectivity index (χ2n) is 11.5. The van der Waals surface area contributed by atoms with Crippen LogP contribution in [0.25, 0.3) is 0 Å². The van der Waals surface area contributed by atoms with Crippen LogP contribution in [0.1, 0.15) is 58.6 Å². The van der Waals surface area contributed by atoms with Crippen LogP contribution in [-0.2, 0) is 23.9 Å².